The molecule has 96 valence electrons. The highest BCUT2D eigenvalue weighted by Gasteiger charge is 2.18. The third kappa shape index (κ3) is 2.04. The summed E-state index contributed by atoms with van der Waals surface area (Å²) in [4.78, 5) is 17.5. The molecule has 4 nitrogen and oxygen atoms in total. The lowest BCUT2D eigenvalue weighted by Gasteiger charge is -2.11. The molecule has 6 heteroatoms. The normalized spacial score (nSPS) is 19.7. The molecule has 0 saturated carbocycles. The van der Waals surface area contributed by atoms with Gasteiger partial charge in [0.15, 0.2) is 4.77 Å². The number of H-pyrrole nitrogens is 1. The maximum Gasteiger partial charge on any atom is 0.263 e. The first-order chi connectivity index (χ1) is 8.65. The molecule has 1 atom stereocenters. The lowest BCUT2D eigenvalue weighted by molar-refractivity contribution is 0.0957. The number of nitrogens with zero attached hydrogens (tertiary/aromatic N) is 1. The van der Waals surface area contributed by atoms with Gasteiger partial charge in [0, 0.05) is 11.5 Å². The second kappa shape index (κ2) is 4.60. The van der Waals surface area contributed by atoms with Crippen molar-refractivity contribution in [1.82, 2.24) is 9.55 Å². The Balaban J connectivity index is 2.10. The van der Waals surface area contributed by atoms with Crippen LogP contribution >= 0.6 is 23.6 Å². The molecule has 0 radical (unpaired) electrons. The molecule has 1 fully saturated rings. The molecular formula is C12H14N2O2S2. The van der Waals surface area contributed by atoms with Crippen molar-refractivity contribution in [1.29, 1.82) is 0 Å². The SMILES string of the molecule is Cc1cc2c(=O)n(C[C@@H]3CCCO3)c(=S)[nH]c2s1. The fraction of sp³-hybridized carbons (Fsp3) is 0.500. The number of nitrogens with one attached hydrogen (secondary N) is 1. The Morgan fingerprint density at radius 1 is 1.67 bits per heavy atom. The van der Waals surface area contributed by atoms with E-state index in [4.69, 9.17) is 17.0 Å². The maximum atomic E-state index is 12.4. The van der Waals surface area contributed by atoms with E-state index >= 15 is 0 Å². The third-order valence-electron chi connectivity index (χ3n) is 3.21. The van der Waals surface area contributed by atoms with Crippen LogP contribution in [0.5, 0.6) is 0 Å². The quantitative estimate of drug-likeness (QED) is 0.861. The van der Waals surface area contributed by atoms with Crippen LogP contribution in [0.15, 0.2) is 10.9 Å². The van der Waals surface area contributed by atoms with Crippen molar-refractivity contribution in [2.24, 2.45) is 0 Å². The number of fused-ring (bicyclic) bond motifs is 1. The van der Waals surface area contributed by atoms with Gasteiger partial charge in [0.25, 0.3) is 5.56 Å². The largest absolute Gasteiger partial charge is 0.376 e. The van der Waals surface area contributed by atoms with Crippen molar-refractivity contribution >= 4 is 33.8 Å². The average Bonchev–Trinajstić information content (AvgIpc) is 2.93. The highest BCUT2D eigenvalue weighted by Crippen LogP contribution is 2.20. The van der Waals surface area contributed by atoms with Gasteiger partial charge >= 0.3 is 0 Å². The van der Waals surface area contributed by atoms with Gasteiger partial charge in [0.05, 0.1) is 18.0 Å². The van der Waals surface area contributed by atoms with Crippen LogP contribution in [0.25, 0.3) is 10.2 Å². The van der Waals surface area contributed by atoms with Crippen LogP contribution in [-0.2, 0) is 11.3 Å². The highest BCUT2D eigenvalue weighted by atomic mass is 32.1. The van der Waals surface area contributed by atoms with E-state index in [1.165, 1.54) is 0 Å². The third-order valence-corrected chi connectivity index (χ3v) is 4.50. The van der Waals surface area contributed by atoms with E-state index in [0.717, 1.165) is 34.5 Å². The van der Waals surface area contributed by atoms with E-state index in [1.807, 2.05) is 13.0 Å². The van der Waals surface area contributed by atoms with Crippen LogP contribution in [0.1, 0.15) is 17.7 Å². The summed E-state index contributed by atoms with van der Waals surface area (Å²) in [5.41, 5.74) is -0.00593. The number of hydrogen-bond donors (Lipinski definition) is 1. The van der Waals surface area contributed by atoms with Gasteiger partial charge in [-0.2, -0.15) is 0 Å². The molecule has 2 aromatic rings. The standard InChI is InChI=1S/C12H14N2O2S2/c1-7-5-9-10(18-7)13-12(17)14(11(9)15)6-8-3-2-4-16-8/h5,8H,2-4,6H2,1H3,(H,13,17)/t8-/m0/s1. The lowest BCUT2D eigenvalue weighted by Crippen LogP contribution is -2.27. The minimum atomic E-state index is -0.00593. The van der Waals surface area contributed by atoms with Crippen molar-refractivity contribution in [3.05, 3.63) is 26.1 Å². The number of ether oxygens (including phenoxy) is 1. The summed E-state index contributed by atoms with van der Waals surface area (Å²) in [6.07, 6.45) is 2.19. The molecule has 0 aromatic carbocycles. The molecule has 0 aliphatic carbocycles. The molecule has 1 aliphatic heterocycles. The number of hydrogen-bond acceptors (Lipinski definition) is 4. The van der Waals surface area contributed by atoms with Crippen LogP contribution in [-0.4, -0.2) is 22.3 Å². The Morgan fingerprint density at radius 2 is 2.50 bits per heavy atom. The van der Waals surface area contributed by atoms with Crippen molar-refractivity contribution in [2.75, 3.05) is 6.61 Å². The fourth-order valence-corrected chi connectivity index (χ4v) is 3.55. The summed E-state index contributed by atoms with van der Waals surface area (Å²) in [6.45, 7) is 3.33. The first-order valence-corrected chi connectivity index (χ1v) is 7.22. The van der Waals surface area contributed by atoms with Gasteiger partial charge < -0.3 is 9.72 Å². The van der Waals surface area contributed by atoms with Crippen LogP contribution in [0, 0.1) is 11.7 Å². The van der Waals surface area contributed by atoms with E-state index in [0.29, 0.717) is 11.3 Å². The number of aromatic amines is 1. The van der Waals surface area contributed by atoms with E-state index in [1.54, 1.807) is 15.9 Å². The van der Waals surface area contributed by atoms with Gasteiger partial charge in [-0.15, -0.1) is 11.3 Å². The van der Waals surface area contributed by atoms with Crippen molar-refractivity contribution in [3.63, 3.8) is 0 Å². The molecule has 0 bridgehead atoms. The predicted octanol–water partition coefficient (Wildman–Crippen LogP) is 2.61. The second-order valence-corrected chi connectivity index (χ2v) is 6.22. The molecule has 3 heterocycles. The van der Waals surface area contributed by atoms with Crippen LogP contribution in [0.3, 0.4) is 0 Å². The molecule has 0 amide bonds. The number of aromatic nitrogens is 2. The first kappa shape index (κ1) is 12.1. The minimum Gasteiger partial charge on any atom is -0.376 e. The summed E-state index contributed by atoms with van der Waals surface area (Å²) in [5, 5.41) is 0.726. The van der Waals surface area contributed by atoms with Crippen molar-refractivity contribution in [3.8, 4) is 0 Å². The Morgan fingerprint density at radius 3 is 3.22 bits per heavy atom. The van der Waals surface area contributed by atoms with Gasteiger partial charge in [-0.05, 0) is 38.0 Å². The number of thiophene rings is 1. The van der Waals surface area contributed by atoms with Gasteiger partial charge in [-0.25, -0.2) is 0 Å². The van der Waals surface area contributed by atoms with E-state index < -0.39 is 0 Å². The summed E-state index contributed by atoms with van der Waals surface area (Å²) in [5.74, 6) is 0. The van der Waals surface area contributed by atoms with Gasteiger partial charge in [0.1, 0.15) is 4.83 Å². The molecule has 1 aliphatic rings. The fourth-order valence-electron chi connectivity index (χ4n) is 2.33. The van der Waals surface area contributed by atoms with Gasteiger partial charge in [0.2, 0.25) is 0 Å². The van der Waals surface area contributed by atoms with Crippen LogP contribution in [0.4, 0.5) is 0 Å². The van der Waals surface area contributed by atoms with E-state index in [-0.39, 0.29) is 11.7 Å². The van der Waals surface area contributed by atoms with Crippen molar-refractivity contribution < 1.29 is 4.74 Å². The molecule has 18 heavy (non-hydrogen) atoms. The highest BCUT2D eigenvalue weighted by molar-refractivity contribution is 7.71. The molecule has 2 aromatic heterocycles. The zero-order chi connectivity index (χ0) is 12.7. The molecular weight excluding hydrogens is 268 g/mol. The summed E-state index contributed by atoms with van der Waals surface area (Å²) >= 11 is 6.83. The average molecular weight is 282 g/mol. The Kier molecular flexibility index (Phi) is 3.09. The Bertz CT molecular complexity index is 692. The second-order valence-electron chi connectivity index (χ2n) is 4.58. The Labute approximate surface area is 113 Å². The maximum absolute atomic E-state index is 12.4. The van der Waals surface area contributed by atoms with Gasteiger partial charge in [-0.3, -0.25) is 9.36 Å². The van der Waals surface area contributed by atoms with E-state index in [2.05, 4.69) is 4.98 Å². The van der Waals surface area contributed by atoms with Crippen LogP contribution in [0.2, 0.25) is 0 Å². The summed E-state index contributed by atoms with van der Waals surface area (Å²) in [7, 11) is 0. The predicted molar refractivity (Wildman–Crippen MR) is 75.0 cm³/mol. The van der Waals surface area contributed by atoms with Crippen molar-refractivity contribution in [2.45, 2.75) is 32.4 Å². The van der Waals surface area contributed by atoms with Gasteiger partial charge in [-0.1, -0.05) is 0 Å². The molecule has 0 spiro atoms. The van der Waals surface area contributed by atoms with E-state index in [9.17, 15) is 4.79 Å². The zero-order valence-electron chi connectivity index (χ0n) is 10.1. The van der Waals surface area contributed by atoms with Crippen LogP contribution < -0.4 is 5.56 Å². The summed E-state index contributed by atoms with van der Waals surface area (Å²) in [6, 6.07) is 1.92. The molecule has 1 saturated heterocycles. The zero-order valence-corrected chi connectivity index (χ0v) is 11.7. The molecule has 3 rings (SSSR count). The first-order valence-electron chi connectivity index (χ1n) is 6.00. The molecule has 1 N–H and O–H groups in total. The topological polar surface area (TPSA) is 47.0 Å². The number of rotatable bonds is 2. The monoisotopic (exact) mass is 282 g/mol. The minimum absolute atomic E-state index is 0.00593. The number of aryl methyl sites for hydroxylation is 1. The summed E-state index contributed by atoms with van der Waals surface area (Å²) < 4.78 is 7.68. The smallest absolute Gasteiger partial charge is 0.263 e. The Hall–Kier alpha value is -0.980. The molecule has 0 unspecified atom stereocenters. The lowest BCUT2D eigenvalue weighted by atomic mass is 10.2.